The molecule has 1 aromatic heterocycles. The van der Waals surface area contributed by atoms with Gasteiger partial charge in [0.2, 0.25) is 0 Å². The van der Waals surface area contributed by atoms with Crippen molar-refractivity contribution in [3.05, 3.63) is 20.3 Å². The van der Waals surface area contributed by atoms with Crippen LogP contribution in [-0.2, 0) is 0 Å². The Morgan fingerprint density at radius 2 is 2.07 bits per heavy atom. The second-order valence-corrected chi connectivity index (χ2v) is 7.63. The molecule has 1 heterocycles. The van der Waals surface area contributed by atoms with Crippen LogP contribution in [0.3, 0.4) is 0 Å². The van der Waals surface area contributed by atoms with E-state index >= 15 is 0 Å². The Bertz CT molecular complexity index is 296. The molecular formula is C11H16Br2S. The van der Waals surface area contributed by atoms with Gasteiger partial charge in [-0.05, 0) is 46.3 Å². The van der Waals surface area contributed by atoms with Crippen LogP contribution < -0.4 is 0 Å². The summed E-state index contributed by atoms with van der Waals surface area (Å²) in [7, 11) is 0. The van der Waals surface area contributed by atoms with E-state index in [1.54, 1.807) is 0 Å². The van der Waals surface area contributed by atoms with Crippen LogP contribution in [0.25, 0.3) is 0 Å². The maximum atomic E-state index is 3.80. The molecular weight excluding hydrogens is 324 g/mol. The number of aryl methyl sites for hydroxylation is 1. The molecule has 1 rings (SSSR count). The Morgan fingerprint density at radius 3 is 2.43 bits per heavy atom. The van der Waals surface area contributed by atoms with E-state index in [1.165, 1.54) is 20.6 Å². The number of hydrogen-bond donors (Lipinski definition) is 0. The Kier molecular flexibility index (Phi) is 4.24. The minimum atomic E-state index is 0.316. The quantitative estimate of drug-likeness (QED) is 0.620. The van der Waals surface area contributed by atoms with E-state index in [9.17, 15) is 0 Å². The third kappa shape index (κ3) is 2.61. The van der Waals surface area contributed by atoms with Crippen molar-refractivity contribution in [2.24, 2.45) is 5.41 Å². The van der Waals surface area contributed by atoms with Crippen LogP contribution in [0.5, 0.6) is 0 Å². The first-order valence-corrected chi connectivity index (χ1v) is 7.31. The van der Waals surface area contributed by atoms with Gasteiger partial charge in [0.15, 0.2) is 0 Å². The van der Waals surface area contributed by atoms with Crippen LogP contribution in [0.4, 0.5) is 0 Å². The molecule has 0 nitrogen and oxygen atoms in total. The first-order valence-electron chi connectivity index (χ1n) is 4.78. The van der Waals surface area contributed by atoms with Gasteiger partial charge < -0.3 is 0 Å². The number of hydrogen-bond acceptors (Lipinski definition) is 1. The zero-order valence-corrected chi connectivity index (χ0v) is 13.0. The zero-order chi connectivity index (χ0) is 10.9. The summed E-state index contributed by atoms with van der Waals surface area (Å²) in [5, 5.41) is 0. The topological polar surface area (TPSA) is 0 Å². The van der Waals surface area contributed by atoms with Crippen LogP contribution in [-0.4, -0.2) is 0 Å². The Balaban J connectivity index is 2.94. The first kappa shape index (κ1) is 12.7. The summed E-state index contributed by atoms with van der Waals surface area (Å²) in [4.78, 5) is 1.87. The van der Waals surface area contributed by atoms with E-state index in [0.29, 0.717) is 10.2 Å². The zero-order valence-electron chi connectivity index (χ0n) is 9.03. The fourth-order valence-electron chi connectivity index (χ4n) is 1.17. The number of rotatable bonds is 3. The summed E-state index contributed by atoms with van der Waals surface area (Å²) in [6.07, 6.45) is 1.18. The highest BCUT2D eigenvalue weighted by atomic mass is 79.9. The SMILES string of the molecule is CCC(C)(C)C(Br)c1cc(C)c(Br)s1. The van der Waals surface area contributed by atoms with Gasteiger partial charge in [-0.2, -0.15) is 0 Å². The molecule has 0 N–H and O–H groups in total. The van der Waals surface area contributed by atoms with Gasteiger partial charge in [0.05, 0.1) is 8.61 Å². The monoisotopic (exact) mass is 338 g/mol. The van der Waals surface area contributed by atoms with Gasteiger partial charge in [-0.1, -0.05) is 36.7 Å². The van der Waals surface area contributed by atoms with Crippen LogP contribution in [0, 0.1) is 12.3 Å². The van der Waals surface area contributed by atoms with Gasteiger partial charge in [0, 0.05) is 4.88 Å². The molecule has 1 atom stereocenters. The summed E-state index contributed by atoms with van der Waals surface area (Å²) in [5.74, 6) is 0. The number of alkyl halides is 1. The van der Waals surface area contributed by atoms with Crippen LogP contribution >= 0.6 is 43.2 Å². The minimum Gasteiger partial charge on any atom is -0.132 e. The van der Waals surface area contributed by atoms with Crippen molar-refractivity contribution in [1.82, 2.24) is 0 Å². The van der Waals surface area contributed by atoms with Gasteiger partial charge in [-0.3, -0.25) is 0 Å². The highest BCUT2D eigenvalue weighted by Crippen LogP contribution is 2.46. The van der Waals surface area contributed by atoms with Gasteiger partial charge in [-0.25, -0.2) is 0 Å². The molecule has 0 saturated carbocycles. The molecule has 80 valence electrons. The van der Waals surface area contributed by atoms with Crippen molar-refractivity contribution >= 4 is 43.2 Å². The molecule has 0 aromatic carbocycles. The van der Waals surface area contributed by atoms with Gasteiger partial charge in [0.25, 0.3) is 0 Å². The normalized spacial score (nSPS) is 14.4. The lowest BCUT2D eigenvalue weighted by atomic mass is 9.86. The predicted molar refractivity (Wildman–Crippen MR) is 72.5 cm³/mol. The average Bonchev–Trinajstić information content (AvgIpc) is 2.45. The summed E-state index contributed by atoms with van der Waals surface area (Å²) in [5.41, 5.74) is 1.65. The molecule has 0 bridgehead atoms. The second kappa shape index (κ2) is 4.67. The maximum absolute atomic E-state index is 3.80. The highest BCUT2D eigenvalue weighted by Gasteiger charge is 2.28. The van der Waals surface area contributed by atoms with Gasteiger partial charge in [0.1, 0.15) is 0 Å². The van der Waals surface area contributed by atoms with Crippen LogP contribution in [0.1, 0.15) is 42.5 Å². The molecule has 3 heteroatoms. The molecule has 0 amide bonds. The standard InChI is InChI=1S/C11H16Br2S/c1-5-11(3,4)9(12)8-6-7(2)10(13)14-8/h6,9H,5H2,1-4H3. The van der Waals surface area contributed by atoms with Crippen LogP contribution in [0.2, 0.25) is 0 Å². The molecule has 1 aromatic rings. The fraction of sp³-hybridized carbons (Fsp3) is 0.636. The first-order chi connectivity index (χ1) is 6.38. The van der Waals surface area contributed by atoms with E-state index in [2.05, 4.69) is 65.6 Å². The van der Waals surface area contributed by atoms with E-state index in [4.69, 9.17) is 0 Å². The smallest absolute Gasteiger partial charge is 0.0730 e. The third-order valence-corrected chi connectivity index (χ3v) is 6.96. The van der Waals surface area contributed by atoms with Crippen molar-refractivity contribution in [2.75, 3.05) is 0 Å². The lowest BCUT2D eigenvalue weighted by Crippen LogP contribution is -2.15. The molecule has 14 heavy (non-hydrogen) atoms. The van der Waals surface area contributed by atoms with Crippen molar-refractivity contribution in [1.29, 1.82) is 0 Å². The highest BCUT2D eigenvalue weighted by molar-refractivity contribution is 9.11. The molecule has 0 radical (unpaired) electrons. The Labute approximate surface area is 107 Å². The number of halogens is 2. The van der Waals surface area contributed by atoms with Crippen LogP contribution in [0.15, 0.2) is 9.85 Å². The Morgan fingerprint density at radius 1 is 1.50 bits per heavy atom. The van der Waals surface area contributed by atoms with Gasteiger partial charge in [-0.15, -0.1) is 11.3 Å². The second-order valence-electron chi connectivity index (χ2n) is 4.31. The summed E-state index contributed by atoms with van der Waals surface area (Å²) in [6, 6.07) is 2.27. The Hall–Kier alpha value is 0.660. The van der Waals surface area contributed by atoms with Gasteiger partial charge >= 0.3 is 0 Å². The maximum Gasteiger partial charge on any atom is 0.0730 e. The number of thiophene rings is 1. The molecule has 1 unspecified atom stereocenters. The molecule has 0 aliphatic carbocycles. The lowest BCUT2D eigenvalue weighted by molar-refractivity contribution is 0.348. The molecule has 0 fully saturated rings. The average molecular weight is 340 g/mol. The summed E-state index contributed by atoms with van der Waals surface area (Å²) < 4.78 is 1.25. The van der Waals surface area contributed by atoms with Crippen molar-refractivity contribution in [3.8, 4) is 0 Å². The summed E-state index contributed by atoms with van der Waals surface area (Å²) >= 11 is 9.21. The third-order valence-electron chi connectivity index (χ3n) is 2.72. The molecule has 0 spiro atoms. The van der Waals surface area contributed by atoms with E-state index in [1.807, 2.05) is 11.3 Å². The molecule has 0 saturated heterocycles. The van der Waals surface area contributed by atoms with Crippen molar-refractivity contribution in [3.63, 3.8) is 0 Å². The van der Waals surface area contributed by atoms with Crippen molar-refractivity contribution < 1.29 is 0 Å². The van der Waals surface area contributed by atoms with Crippen molar-refractivity contribution in [2.45, 2.75) is 38.9 Å². The predicted octanol–water partition coefficient (Wildman–Crippen LogP) is 5.69. The van der Waals surface area contributed by atoms with E-state index in [0.717, 1.165) is 0 Å². The van der Waals surface area contributed by atoms with E-state index in [-0.39, 0.29) is 0 Å². The fourth-order valence-corrected chi connectivity index (χ4v) is 3.67. The lowest BCUT2D eigenvalue weighted by Gasteiger charge is -2.28. The molecule has 0 aliphatic rings. The summed E-state index contributed by atoms with van der Waals surface area (Å²) in [6.45, 7) is 8.98. The van der Waals surface area contributed by atoms with E-state index < -0.39 is 0 Å². The minimum absolute atomic E-state index is 0.316. The molecule has 0 aliphatic heterocycles. The largest absolute Gasteiger partial charge is 0.132 e.